The largest absolute Gasteiger partial charge is 0.394 e. The lowest BCUT2D eigenvalue weighted by Gasteiger charge is -2.52. The number of hydrogen-bond donors (Lipinski definition) is 1. The monoisotopic (exact) mass is 350 g/mol. The Morgan fingerprint density at radius 3 is 2.65 bits per heavy atom. The standard InChI is InChI=1S/C21H19FN2O2/c22-15-5-3-4-14(10-15)16-6-1-2-7-17(16)20-18(11-23)24(19(20)12-25)21(26)13-8-9-13/h1-7,10,13,18-20,25H,8-9,12H2/t18-,19-,20+/m0/s1. The Balaban J connectivity index is 1.73. The fourth-order valence-corrected chi connectivity index (χ4v) is 3.93. The van der Waals surface area contributed by atoms with Crippen LogP contribution in [0.15, 0.2) is 48.5 Å². The molecule has 1 N–H and O–H groups in total. The maximum absolute atomic E-state index is 13.7. The van der Waals surface area contributed by atoms with Crippen LogP contribution >= 0.6 is 0 Å². The number of likely N-dealkylation sites (tertiary alicyclic amines) is 1. The zero-order valence-electron chi connectivity index (χ0n) is 14.2. The molecule has 1 saturated carbocycles. The van der Waals surface area contributed by atoms with E-state index in [2.05, 4.69) is 6.07 Å². The molecule has 2 aromatic rings. The highest BCUT2D eigenvalue weighted by Gasteiger charge is 2.54. The molecule has 3 atom stereocenters. The van der Waals surface area contributed by atoms with Crippen molar-refractivity contribution in [1.82, 2.24) is 4.90 Å². The van der Waals surface area contributed by atoms with Gasteiger partial charge in [-0.1, -0.05) is 36.4 Å². The van der Waals surface area contributed by atoms with Crippen molar-refractivity contribution in [1.29, 1.82) is 5.26 Å². The Morgan fingerprint density at radius 1 is 1.23 bits per heavy atom. The van der Waals surface area contributed by atoms with E-state index < -0.39 is 12.1 Å². The molecule has 1 aliphatic carbocycles. The van der Waals surface area contributed by atoms with E-state index in [1.807, 2.05) is 30.3 Å². The van der Waals surface area contributed by atoms with E-state index in [0.29, 0.717) is 0 Å². The van der Waals surface area contributed by atoms with Crippen LogP contribution in [0, 0.1) is 23.1 Å². The van der Waals surface area contributed by atoms with Crippen molar-refractivity contribution < 1.29 is 14.3 Å². The van der Waals surface area contributed by atoms with Crippen molar-refractivity contribution in [3.05, 3.63) is 59.9 Å². The van der Waals surface area contributed by atoms with Crippen molar-refractivity contribution in [2.45, 2.75) is 30.8 Å². The number of benzene rings is 2. The third-order valence-corrected chi connectivity index (χ3v) is 5.37. The molecule has 0 radical (unpaired) electrons. The van der Waals surface area contributed by atoms with Crippen LogP contribution in [0.5, 0.6) is 0 Å². The Kier molecular flexibility index (Phi) is 4.21. The number of aliphatic hydroxyl groups is 1. The van der Waals surface area contributed by atoms with Crippen LogP contribution in [0.4, 0.5) is 4.39 Å². The van der Waals surface area contributed by atoms with Crippen LogP contribution in [-0.2, 0) is 4.79 Å². The van der Waals surface area contributed by atoms with Gasteiger partial charge in [0, 0.05) is 11.8 Å². The molecule has 0 bridgehead atoms. The van der Waals surface area contributed by atoms with Crippen LogP contribution in [0.25, 0.3) is 11.1 Å². The molecule has 26 heavy (non-hydrogen) atoms. The summed E-state index contributed by atoms with van der Waals surface area (Å²) in [7, 11) is 0. The molecule has 1 saturated heterocycles. The first-order chi connectivity index (χ1) is 12.7. The first kappa shape index (κ1) is 16.7. The number of nitriles is 1. The highest BCUT2D eigenvalue weighted by atomic mass is 19.1. The van der Waals surface area contributed by atoms with Crippen molar-refractivity contribution in [3.8, 4) is 17.2 Å². The highest BCUT2D eigenvalue weighted by Crippen LogP contribution is 2.46. The first-order valence-electron chi connectivity index (χ1n) is 8.83. The van der Waals surface area contributed by atoms with Gasteiger partial charge in [-0.3, -0.25) is 4.79 Å². The van der Waals surface area contributed by atoms with E-state index in [0.717, 1.165) is 29.5 Å². The Labute approximate surface area is 151 Å². The minimum Gasteiger partial charge on any atom is -0.394 e. The van der Waals surface area contributed by atoms with Gasteiger partial charge in [0.1, 0.15) is 11.9 Å². The summed E-state index contributed by atoms with van der Waals surface area (Å²) in [5.41, 5.74) is 2.42. The first-order valence-corrected chi connectivity index (χ1v) is 8.83. The fraction of sp³-hybridized carbons (Fsp3) is 0.333. The lowest BCUT2D eigenvalue weighted by Crippen LogP contribution is -2.65. The zero-order valence-corrected chi connectivity index (χ0v) is 14.2. The second kappa shape index (κ2) is 6.54. The van der Waals surface area contributed by atoms with Crippen LogP contribution in [-0.4, -0.2) is 34.6 Å². The fourth-order valence-electron chi connectivity index (χ4n) is 3.93. The SMILES string of the molecule is N#C[C@H]1[C@@H](c2ccccc2-c2cccc(F)c2)[C@H](CO)N1C(=O)C1CC1. The second-order valence-corrected chi connectivity index (χ2v) is 6.97. The van der Waals surface area contributed by atoms with Gasteiger partial charge in [-0.15, -0.1) is 0 Å². The molecular weight excluding hydrogens is 331 g/mol. The molecular formula is C21H19FN2O2. The Hall–Kier alpha value is -2.71. The third kappa shape index (κ3) is 2.67. The number of rotatable bonds is 4. The number of amides is 1. The lowest BCUT2D eigenvalue weighted by molar-refractivity contribution is -0.148. The van der Waals surface area contributed by atoms with Gasteiger partial charge in [-0.2, -0.15) is 5.26 Å². The Bertz CT molecular complexity index is 888. The van der Waals surface area contributed by atoms with Gasteiger partial charge in [0.2, 0.25) is 5.91 Å². The molecule has 2 aromatic carbocycles. The molecule has 5 heteroatoms. The summed E-state index contributed by atoms with van der Waals surface area (Å²) in [6.07, 6.45) is 1.71. The molecule has 132 valence electrons. The lowest BCUT2D eigenvalue weighted by atomic mass is 9.73. The van der Waals surface area contributed by atoms with Gasteiger partial charge in [0.05, 0.1) is 18.7 Å². The molecule has 4 nitrogen and oxygen atoms in total. The predicted molar refractivity (Wildman–Crippen MR) is 94.4 cm³/mol. The topological polar surface area (TPSA) is 64.3 Å². The molecule has 1 aliphatic heterocycles. The zero-order chi connectivity index (χ0) is 18.3. The normalized spacial score (nSPS) is 24.7. The predicted octanol–water partition coefficient (Wildman–Crippen LogP) is 3.08. The van der Waals surface area contributed by atoms with Gasteiger partial charge in [0.25, 0.3) is 0 Å². The summed E-state index contributed by atoms with van der Waals surface area (Å²) < 4.78 is 13.7. The van der Waals surface area contributed by atoms with Gasteiger partial charge in [-0.25, -0.2) is 4.39 Å². The number of halogens is 1. The van der Waals surface area contributed by atoms with Crippen LogP contribution in [0.1, 0.15) is 24.3 Å². The average molecular weight is 350 g/mol. The summed E-state index contributed by atoms with van der Waals surface area (Å²) >= 11 is 0. The van der Waals surface area contributed by atoms with Gasteiger partial charge in [0.15, 0.2) is 0 Å². The van der Waals surface area contributed by atoms with Crippen molar-refractivity contribution >= 4 is 5.91 Å². The molecule has 4 rings (SSSR count). The van der Waals surface area contributed by atoms with Crippen LogP contribution in [0.3, 0.4) is 0 Å². The van der Waals surface area contributed by atoms with E-state index in [1.54, 1.807) is 11.0 Å². The third-order valence-electron chi connectivity index (χ3n) is 5.37. The van der Waals surface area contributed by atoms with Gasteiger partial charge < -0.3 is 10.0 Å². The summed E-state index contributed by atoms with van der Waals surface area (Å²) in [6.45, 7) is -0.196. The van der Waals surface area contributed by atoms with Crippen LogP contribution < -0.4 is 0 Å². The number of carbonyl (C=O) groups is 1. The smallest absolute Gasteiger partial charge is 0.227 e. The Morgan fingerprint density at radius 2 is 2.00 bits per heavy atom. The maximum atomic E-state index is 13.7. The van der Waals surface area contributed by atoms with Crippen LogP contribution in [0.2, 0.25) is 0 Å². The molecule has 0 aromatic heterocycles. The molecule has 1 amide bonds. The quantitative estimate of drug-likeness (QED) is 0.922. The summed E-state index contributed by atoms with van der Waals surface area (Å²) in [4.78, 5) is 14.1. The highest BCUT2D eigenvalue weighted by molar-refractivity contribution is 5.84. The number of aliphatic hydroxyl groups excluding tert-OH is 1. The van der Waals surface area contributed by atoms with E-state index in [-0.39, 0.29) is 30.2 Å². The molecule has 2 aliphatic rings. The second-order valence-electron chi connectivity index (χ2n) is 6.97. The molecule has 0 spiro atoms. The van der Waals surface area contributed by atoms with E-state index in [1.165, 1.54) is 12.1 Å². The van der Waals surface area contributed by atoms with Crippen molar-refractivity contribution in [3.63, 3.8) is 0 Å². The van der Waals surface area contributed by atoms with Gasteiger partial charge >= 0.3 is 0 Å². The van der Waals surface area contributed by atoms with Crippen molar-refractivity contribution in [2.24, 2.45) is 5.92 Å². The number of carbonyl (C=O) groups excluding carboxylic acids is 1. The van der Waals surface area contributed by atoms with E-state index in [4.69, 9.17) is 0 Å². The maximum Gasteiger partial charge on any atom is 0.227 e. The average Bonchev–Trinajstić information content (AvgIpc) is 3.47. The molecule has 0 unspecified atom stereocenters. The number of hydrogen-bond acceptors (Lipinski definition) is 3. The summed E-state index contributed by atoms with van der Waals surface area (Å²) in [5, 5.41) is 19.6. The minimum absolute atomic E-state index is 0.000636. The number of nitrogens with zero attached hydrogens (tertiary/aromatic N) is 2. The summed E-state index contributed by atoms with van der Waals surface area (Å²) in [6, 6.07) is 15.1. The van der Waals surface area contributed by atoms with E-state index >= 15 is 0 Å². The molecule has 1 heterocycles. The van der Waals surface area contributed by atoms with Crippen molar-refractivity contribution in [2.75, 3.05) is 6.61 Å². The molecule has 2 fully saturated rings. The van der Waals surface area contributed by atoms with E-state index in [9.17, 15) is 19.6 Å². The van der Waals surface area contributed by atoms with Gasteiger partial charge in [-0.05, 0) is 41.7 Å². The minimum atomic E-state index is -0.602. The summed E-state index contributed by atoms with van der Waals surface area (Å²) in [5.74, 6) is -0.645.